The maximum absolute atomic E-state index is 13.1. The van der Waals surface area contributed by atoms with E-state index in [9.17, 15) is 4.79 Å². The van der Waals surface area contributed by atoms with E-state index in [0.717, 1.165) is 18.3 Å². The molecule has 1 aromatic carbocycles. The summed E-state index contributed by atoms with van der Waals surface area (Å²) in [6, 6.07) is 10.6. The Balaban J connectivity index is 1.45. The molecule has 130 valence electrons. The van der Waals surface area contributed by atoms with E-state index in [-0.39, 0.29) is 6.10 Å². The van der Waals surface area contributed by atoms with Crippen LogP contribution >= 0.6 is 0 Å². The van der Waals surface area contributed by atoms with Crippen LogP contribution in [0.4, 0.5) is 0 Å². The SMILES string of the molecule is CC(C)CCC(CC(=O)C1OC2CC3CC2CC31)c1ccccc1. The molecule has 6 atom stereocenters. The topological polar surface area (TPSA) is 26.3 Å². The Morgan fingerprint density at radius 1 is 1.08 bits per heavy atom. The summed E-state index contributed by atoms with van der Waals surface area (Å²) in [5.74, 6) is 3.45. The Kier molecular flexibility index (Phi) is 4.51. The van der Waals surface area contributed by atoms with Gasteiger partial charge in [0.2, 0.25) is 0 Å². The van der Waals surface area contributed by atoms with Gasteiger partial charge < -0.3 is 4.74 Å². The predicted octanol–water partition coefficient (Wildman–Crippen LogP) is 4.98. The number of benzene rings is 1. The van der Waals surface area contributed by atoms with Gasteiger partial charge in [-0.1, -0.05) is 50.6 Å². The number of rotatable bonds is 7. The minimum Gasteiger partial charge on any atom is -0.367 e. The lowest BCUT2D eigenvalue weighted by molar-refractivity contribution is -0.161. The molecule has 2 heteroatoms. The molecule has 0 radical (unpaired) electrons. The van der Waals surface area contributed by atoms with Gasteiger partial charge in [-0.3, -0.25) is 4.79 Å². The van der Waals surface area contributed by atoms with E-state index < -0.39 is 0 Å². The normalized spacial score (nSPS) is 34.9. The fraction of sp³-hybridized carbons (Fsp3) is 0.682. The number of Topliss-reactive ketones (excluding diaryl/α,β-unsaturated/α-hetero) is 1. The largest absolute Gasteiger partial charge is 0.367 e. The van der Waals surface area contributed by atoms with Crippen LogP contribution in [0.15, 0.2) is 30.3 Å². The smallest absolute Gasteiger partial charge is 0.162 e. The third kappa shape index (κ3) is 3.06. The van der Waals surface area contributed by atoms with Crippen LogP contribution in [-0.2, 0) is 9.53 Å². The van der Waals surface area contributed by atoms with Gasteiger partial charge in [-0.2, -0.15) is 0 Å². The van der Waals surface area contributed by atoms with Crippen molar-refractivity contribution in [1.29, 1.82) is 0 Å². The average molecular weight is 326 g/mol. The van der Waals surface area contributed by atoms with Crippen molar-refractivity contribution < 1.29 is 9.53 Å². The molecule has 5 rings (SSSR count). The van der Waals surface area contributed by atoms with Crippen LogP contribution in [-0.4, -0.2) is 18.0 Å². The zero-order chi connectivity index (χ0) is 16.7. The first kappa shape index (κ1) is 16.3. The first-order valence-corrected chi connectivity index (χ1v) is 9.85. The molecule has 0 N–H and O–H groups in total. The van der Waals surface area contributed by atoms with Crippen molar-refractivity contribution in [2.75, 3.05) is 0 Å². The van der Waals surface area contributed by atoms with Gasteiger partial charge in [0.1, 0.15) is 6.10 Å². The van der Waals surface area contributed by atoms with E-state index in [2.05, 4.69) is 44.2 Å². The van der Waals surface area contributed by atoms with Crippen molar-refractivity contribution in [3.8, 4) is 0 Å². The molecule has 2 heterocycles. The lowest BCUT2D eigenvalue weighted by Gasteiger charge is -2.41. The lowest BCUT2D eigenvalue weighted by atomic mass is 9.76. The van der Waals surface area contributed by atoms with Crippen LogP contribution in [0.25, 0.3) is 0 Å². The van der Waals surface area contributed by atoms with E-state index in [1.807, 2.05) is 0 Å². The second-order valence-electron chi connectivity index (χ2n) is 8.74. The van der Waals surface area contributed by atoms with Crippen molar-refractivity contribution in [2.24, 2.45) is 23.7 Å². The number of hydrogen-bond donors (Lipinski definition) is 0. The molecule has 0 spiro atoms. The Bertz CT molecular complexity index is 577. The first-order chi connectivity index (χ1) is 11.6. The molecule has 1 aromatic rings. The van der Waals surface area contributed by atoms with E-state index >= 15 is 0 Å². The summed E-state index contributed by atoms with van der Waals surface area (Å²) in [4.78, 5) is 13.1. The minimum absolute atomic E-state index is 0.0993. The quantitative estimate of drug-likeness (QED) is 0.706. The van der Waals surface area contributed by atoms with Crippen LogP contribution in [0.1, 0.15) is 63.9 Å². The highest BCUT2D eigenvalue weighted by atomic mass is 16.5. The van der Waals surface area contributed by atoms with Gasteiger partial charge in [0.05, 0.1) is 6.10 Å². The highest BCUT2D eigenvalue weighted by molar-refractivity contribution is 5.84. The summed E-state index contributed by atoms with van der Waals surface area (Å²) < 4.78 is 6.21. The first-order valence-electron chi connectivity index (χ1n) is 9.85. The van der Waals surface area contributed by atoms with Gasteiger partial charge in [0.25, 0.3) is 0 Å². The van der Waals surface area contributed by atoms with E-state index in [1.54, 1.807) is 0 Å². The number of fused-ring (bicyclic) bond motifs is 1. The van der Waals surface area contributed by atoms with Crippen molar-refractivity contribution in [3.63, 3.8) is 0 Å². The number of carbonyl (C=O) groups is 1. The number of ketones is 1. The molecule has 2 aliphatic heterocycles. The Morgan fingerprint density at radius 2 is 1.88 bits per heavy atom. The lowest BCUT2D eigenvalue weighted by Crippen LogP contribution is -2.47. The molecule has 4 fully saturated rings. The Hall–Kier alpha value is -1.15. The second-order valence-corrected chi connectivity index (χ2v) is 8.74. The average Bonchev–Trinajstić information content (AvgIpc) is 3.15. The van der Waals surface area contributed by atoms with Gasteiger partial charge in [-0.25, -0.2) is 0 Å². The summed E-state index contributed by atoms with van der Waals surface area (Å²) in [6.07, 6.45) is 6.99. The van der Waals surface area contributed by atoms with E-state index in [0.29, 0.717) is 36.1 Å². The zero-order valence-corrected chi connectivity index (χ0v) is 15.0. The van der Waals surface area contributed by atoms with Gasteiger partial charge in [0, 0.05) is 6.42 Å². The monoisotopic (exact) mass is 326 g/mol. The van der Waals surface area contributed by atoms with E-state index in [4.69, 9.17) is 4.74 Å². The summed E-state index contributed by atoms with van der Waals surface area (Å²) in [6.45, 7) is 4.53. The van der Waals surface area contributed by atoms with Crippen molar-refractivity contribution in [2.45, 2.75) is 70.5 Å². The maximum Gasteiger partial charge on any atom is 0.162 e. The molecule has 2 saturated carbocycles. The van der Waals surface area contributed by atoms with Gasteiger partial charge in [-0.15, -0.1) is 0 Å². The molecule has 6 unspecified atom stereocenters. The summed E-state index contributed by atoms with van der Waals surface area (Å²) in [5, 5.41) is 0. The molecule has 24 heavy (non-hydrogen) atoms. The zero-order valence-electron chi connectivity index (χ0n) is 15.0. The van der Waals surface area contributed by atoms with Crippen molar-refractivity contribution in [3.05, 3.63) is 35.9 Å². The highest BCUT2D eigenvalue weighted by Crippen LogP contribution is 2.56. The maximum atomic E-state index is 13.1. The Labute approximate surface area is 146 Å². The summed E-state index contributed by atoms with van der Waals surface area (Å²) >= 11 is 0. The molecule has 0 amide bonds. The van der Waals surface area contributed by atoms with Gasteiger partial charge in [-0.05, 0) is 60.8 Å². The summed E-state index contributed by atoms with van der Waals surface area (Å²) in [5.41, 5.74) is 1.32. The number of hydrogen-bond acceptors (Lipinski definition) is 2. The molecule has 4 aliphatic rings. The number of ether oxygens (including phenoxy) is 1. The third-order valence-electron chi connectivity index (χ3n) is 6.69. The second kappa shape index (κ2) is 6.63. The van der Waals surface area contributed by atoms with Crippen LogP contribution in [0.3, 0.4) is 0 Å². The fourth-order valence-electron chi connectivity index (χ4n) is 5.41. The van der Waals surface area contributed by atoms with Crippen molar-refractivity contribution in [1.82, 2.24) is 0 Å². The van der Waals surface area contributed by atoms with Gasteiger partial charge >= 0.3 is 0 Å². The van der Waals surface area contributed by atoms with Crippen molar-refractivity contribution >= 4 is 5.78 Å². The van der Waals surface area contributed by atoms with Crippen LogP contribution in [0, 0.1) is 23.7 Å². The minimum atomic E-state index is -0.0993. The summed E-state index contributed by atoms with van der Waals surface area (Å²) in [7, 11) is 0. The Morgan fingerprint density at radius 3 is 2.50 bits per heavy atom. The molecule has 2 aliphatic carbocycles. The molecule has 2 nitrogen and oxygen atoms in total. The van der Waals surface area contributed by atoms with Gasteiger partial charge in [0.15, 0.2) is 5.78 Å². The predicted molar refractivity (Wildman–Crippen MR) is 95.9 cm³/mol. The standard InChI is InChI=1S/C22H30O2/c1-14(2)8-9-16(15-6-4-3-5-7-15)12-20(23)22-19-11-18-10-17(19)13-21(18)24-22/h3-7,14,16-19,21-22H,8-13H2,1-2H3. The third-order valence-corrected chi connectivity index (χ3v) is 6.69. The van der Waals surface area contributed by atoms with E-state index in [1.165, 1.54) is 31.2 Å². The van der Waals surface area contributed by atoms with Crippen LogP contribution in [0.5, 0.6) is 0 Å². The van der Waals surface area contributed by atoms with Crippen LogP contribution in [0.2, 0.25) is 0 Å². The molecule has 4 bridgehead atoms. The van der Waals surface area contributed by atoms with Crippen LogP contribution < -0.4 is 0 Å². The number of carbonyl (C=O) groups excluding carboxylic acids is 1. The highest BCUT2D eigenvalue weighted by Gasteiger charge is 2.56. The molecular weight excluding hydrogens is 296 g/mol. The fourth-order valence-corrected chi connectivity index (χ4v) is 5.41. The molecular formula is C22H30O2. The molecule has 2 saturated heterocycles. The molecule has 0 aromatic heterocycles.